The Morgan fingerprint density at radius 1 is 0.875 bits per heavy atom. The van der Waals surface area contributed by atoms with Gasteiger partial charge in [0.15, 0.2) is 0 Å². The molecule has 4 fully saturated rings. The highest BCUT2D eigenvalue weighted by Crippen LogP contribution is 2.68. The Kier molecular flexibility index (Phi) is 3.89. The lowest BCUT2D eigenvalue weighted by molar-refractivity contribution is -0.120. The van der Waals surface area contributed by atoms with Crippen LogP contribution in [0.4, 0.5) is 0 Å². The van der Waals surface area contributed by atoms with E-state index >= 15 is 0 Å². The molecule has 7 atom stereocenters. The number of hydrogen-bond acceptors (Lipinski definition) is 1. The molecule has 0 aromatic carbocycles. The molecule has 0 amide bonds. The molecular formula is C23H37N. The van der Waals surface area contributed by atoms with Crippen molar-refractivity contribution in [3.8, 4) is 12.3 Å². The molecule has 4 saturated carbocycles. The van der Waals surface area contributed by atoms with Gasteiger partial charge in [0, 0.05) is 5.41 Å². The Balaban J connectivity index is 1.68. The third-order valence-corrected chi connectivity index (χ3v) is 9.74. The van der Waals surface area contributed by atoms with Gasteiger partial charge in [-0.1, -0.05) is 32.6 Å². The predicted octanol–water partition coefficient (Wildman–Crippen LogP) is 5.35. The molecule has 4 rings (SSSR count). The fourth-order valence-corrected chi connectivity index (χ4v) is 8.41. The topological polar surface area (TPSA) is 3.24 Å². The van der Waals surface area contributed by atoms with Gasteiger partial charge in [-0.05, 0) is 94.5 Å². The van der Waals surface area contributed by atoms with Crippen LogP contribution >= 0.6 is 0 Å². The normalized spacial score (nSPS) is 53.8. The van der Waals surface area contributed by atoms with Crippen molar-refractivity contribution in [2.45, 2.75) is 83.6 Å². The van der Waals surface area contributed by atoms with Crippen molar-refractivity contribution in [2.75, 3.05) is 14.1 Å². The lowest BCUT2D eigenvalue weighted by Crippen LogP contribution is -2.59. The zero-order valence-electron chi connectivity index (χ0n) is 16.4. The van der Waals surface area contributed by atoms with Gasteiger partial charge in [0.25, 0.3) is 0 Å². The molecule has 0 N–H and O–H groups in total. The second-order valence-corrected chi connectivity index (χ2v) is 10.3. The number of nitrogens with zero attached hydrogens (tertiary/aromatic N) is 1. The smallest absolute Gasteiger partial charge is 0.0875 e. The summed E-state index contributed by atoms with van der Waals surface area (Å²) in [7, 11) is 4.44. The maximum absolute atomic E-state index is 6.17. The second kappa shape index (κ2) is 5.51. The van der Waals surface area contributed by atoms with Crippen LogP contribution in [0, 0.1) is 46.8 Å². The maximum Gasteiger partial charge on any atom is 0.0875 e. The highest BCUT2D eigenvalue weighted by Gasteiger charge is 2.64. The summed E-state index contributed by atoms with van der Waals surface area (Å²) in [6.45, 7) is 5.22. The lowest BCUT2D eigenvalue weighted by Gasteiger charge is -2.62. The Labute approximate surface area is 150 Å². The number of hydrogen-bond donors (Lipinski definition) is 0. The zero-order valence-corrected chi connectivity index (χ0v) is 16.4. The van der Waals surface area contributed by atoms with Crippen LogP contribution in [0.2, 0.25) is 0 Å². The van der Waals surface area contributed by atoms with Crippen molar-refractivity contribution < 1.29 is 0 Å². The van der Waals surface area contributed by atoms with Crippen molar-refractivity contribution in [1.29, 1.82) is 0 Å². The first-order valence-electron chi connectivity index (χ1n) is 10.5. The Morgan fingerprint density at radius 2 is 1.62 bits per heavy atom. The SMILES string of the molecule is C#C[C@]1(N(C)C)CC[C@H]2[C@@H]3CC[C@H]4CCCC[C@]4(C)[C@H]3CC[C@@]21C. The highest BCUT2D eigenvalue weighted by molar-refractivity contribution is 5.27. The van der Waals surface area contributed by atoms with E-state index in [1.165, 1.54) is 64.2 Å². The summed E-state index contributed by atoms with van der Waals surface area (Å²) in [6, 6.07) is 0. The van der Waals surface area contributed by atoms with Crippen molar-refractivity contribution in [2.24, 2.45) is 34.5 Å². The van der Waals surface area contributed by atoms with Crippen LogP contribution in [0.15, 0.2) is 0 Å². The summed E-state index contributed by atoms with van der Waals surface area (Å²) in [5, 5.41) is 0. The molecular weight excluding hydrogens is 290 g/mol. The van der Waals surface area contributed by atoms with E-state index in [1.807, 2.05) is 0 Å². The average molecular weight is 328 g/mol. The first-order chi connectivity index (χ1) is 11.4. The predicted molar refractivity (Wildman–Crippen MR) is 102 cm³/mol. The molecule has 0 unspecified atom stereocenters. The van der Waals surface area contributed by atoms with Gasteiger partial charge in [0.2, 0.25) is 0 Å². The van der Waals surface area contributed by atoms with Crippen molar-refractivity contribution in [3.05, 3.63) is 0 Å². The molecule has 0 spiro atoms. The van der Waals surface area contributed by atoms with Crippen molar-refractivity contribution in [1.82, 2.24) is 4.90 Å². The molecule has 0 saturated heterocycles. The van der Waals surface area contributed by atoms with E-state index in [0.29, 0.717) is 10.8 Å². The van der Waals surface area contributed by atoms with Gasteiger partial charge in [-0.3, -0.25) is 4.90 Å². The largest absolute Gasteiger partial charge is 0.293 e. The summed E-state index contributed by atoms with van der Waals surface area (Å²) in [5.74, 6) is 7.10. The molecule has 134 valence electrons. The molecule has 0 aromatic rings. The lowest BCUT2D eigenvalue weighted by atomic mass is 9.44. The van der Waals surface area contributed by atoms with Crippen LogP contribution in [-0.2, 0) is 0 Å². The third-order valence-electron chi connectivity index (χ3n) is 9.74. The van der Waals surface area contributed by atoms with Gasteiger partial charge < -0.3 is 0 Å². The van der Waals surface area contributed by atoms with Crippen molar-refractivity contribution in [3.63, 3.8) is 0 Å². The Bertz CT molecular complexity index is 545. The zero-order chi connectivity index (χ0) is 17.2. The van der Waals surface area contributed by atoms with Crippen LogP contribution in [0.25, 0.3) is 0 Å². The first kappa shape index (κ1) is 17.0. The third kappa shape index (κ3) is 1.93. The van der Waals surface area contributed by atoms with E-state index in [4.69, 9.17) is 6.42 Å². The molecule has 0 aromatic heterocycles. The van der Waals surface area contributed by atoms with Crippen LogP contribution < -0.4 is 0 Å². The number of fused-ring (bicyclic) bond motifs is 5. The summed E-state index contributed by atoms with van der Waals surface area (Å²) in [5.41, 5.74) is 0.958. The van der Waals surface area contributed by atoms with Gasteiger partial charge in [0.05, 0.1) is 5.54 Å². The minimum absolute atomic E-state index is 0.00699. The minimum Gasteiger partial charge on any atom is -0.293 e. The van der Waals surface area contributed by atoms with E-state index in [1.54, 1.807) is 0 Å². The van der Waals surface area contributed by atoms with Crippen molar-refractivity contribution >= 4 is 0 Å². The highest BCUT2D eigenvalue weighted by atomic mass is 15.2. The van der Waals surface area contributed by atoms with Crippen LogP contribution in [0.1, 0.15) is 78.1 Å². The van der Waals surface area contributed by atoms with E-state index in [-0.39, 0.29) is 5.54 Å². The molecule has 0 aliphatic heterocycles. The summed E-state index contributed by atoms with van der Waals surface area (Å²) < 4.78 is 0. The van der Waals surface area contributed by atoms with Crippen LogP contribution in [-0.4, -0.2) is 24.5 Å². The monoisotopic (exact) mass is 327 g/mol. The fraction of sp³-hybridized carbons (Fsp3) is 0.913. The second-order valence-electron chi connectivity index (χ2n) is 10.3. The van der Waals surface area contributed by atoms with Gasteiger partial charge in [0.1, 0.15) is 0 Å². The van der Waals surface area contributed by atoms with Gasteiger partial charge >= 0.3 is 0 Å². The summed E-state index contributed by atoms with van der Waals surface area (Å²) in [4.78, 5) is 2.39. The van der Waals surface area contributed by atoms with E-state index in [9.17, 15) is 0 Å². The van der Waals surface area contributed by atoms with Gasteiger partial charge in [-0.25, -0.2) is 0 Å². The summed E-state index contributed by atoms with van der Waals surface area (Å²) in [6.07, 6.45) is 20.5. The van der Waals surface area contributed by atoms with Gasteiger partial charge in [-0.15, -0.1) is 6.42 Å². The molecule has 0 heterocycles. The van der Waals surface area contributed by atoms with Gasteiger partial charge in [-0.2, -0.15) is 0 Å². The fourth-order valence-electron chi connectivity index (χ4n) is 8.41. The van der Waals surface area contributed by atoms with Crippen LogP contribution in [0.3, 0.4) is 0 Å². The molecule has 0 radical (unpaired) electrons. The average Bonchev–Trinajstić information content (AvgIpc) is 2.87. The Morgan fingerprint density at radius 3 is 2.33 bits per heavy atom. The Hall–Kier alpha value is -0.480. The van der Waals surface area contributed by atoms with E-state index < -0.39 is 0 Å². The molecule has 0 bridgehead atoms. The molecule has 1 heteroatoms. The van der Waals surface area contributed by atoms with E-state index in [0.717, 1.165) is 23.7 Å². The standard InChI is InChI=1S/C23H37N/c1-6-23(24(4)5)16-13-20-18-11-10-17-9-7-8-14-21(17,2)19(18)12-15-22(20,23)3/h1,17-20H,7-16H2,2-5H3/t17-,18-,19+,20+,21+,22+,23+/m1/s1. The summed E-state index contributed by atoms with van der Waals surface area (Å²) >= 11 is 0. The molecule has 4 aliphatic carbocycles. The minimum atomic E-state index is -0.00699. The number of rotatable bonds is 1. The van der Waals surface area contributed by atoms with E-state index in [2.05, 4.69) is 38.8 Å². The van der Waals surface area contributed by atoms with Crippen LogP contribution in [0.5, 0.6) is 0 Å². The number of terminal acetylenes is 1. The molecule has 1 nitrogen and oxygen atoms in total. The molecule has 4 aliphatic rings. The quantitative estimate of drug-likeness (QED) is 0.587. The maximum atomic E-state index is 6.17. The molecule has 24 heavy (non-hydrogen) atoms. The first-order valence-corrected chi connectivity index (χ1v) is 10.5.